The van der Waals surface area contributed by atoms with Crippen LogP contribution < -0.4 is 0 Å². The summed E-state index contributed by atoms with van der Waals surface area (Å²) in [5.74, 6) is -2.74. The third-order valence-electron chi connectivity index (χ3n) is 5.11. The van der Waals surface area contributed by atoms with Crippen molar-refractivity contribution >= 4 is 46.5 Å². The normalized spacial score (nSPS) is 23.6. The number of hydrogen-bond acceptors (Lipinski definition) is 9. The van der Waals surface area contributed by atoms with Crippen molar-refractivity contribution in [2.75, 3.05) is 6.61 Å². The average Bonchev–Trinajstić information content (AvgIpc) is 3.02. The van der Waals surface area contributed by atoms with E-state index < -0.39 is 48.0 Å². The second-order valence-corrected chi connectivity index (χ2v) is 8.81. The van der Waals surface area contributed by atoms with E-state index in [2.05, 4.69) is 0 Å². The highest BCUT2D eigenvalue weighted by Crippen LogP contribution is 2.38. The van der Waals surface area contributed by atoms with Gasteiger partial charge >= 0.3 is 23.9 Å². The zero-order valence-corrected chi connectivity index (χ0v) is 20.8. The van der Waals surface area contributed by atoms with Crippen LogP contribution in [0.4, 0.5) is 0 Å². The summed E-state index contributed by atoms with van der Waals surface area (Å²) in [7, 11) is 0. The molecule has 3 rings (SSSR count). The van der Waals surface area contributed by atoms with E-state index in [1.54, 1.807) is 54.6 Å². The number of rotatable bonds is 7. The Labute approximate surface area is 209 Å². The molecule has 10 heteroatoms. The van der Waals surface area contributed by atoms with Gasteiger partial charge < -0.3 is 23.7 Å². The predicted octanol–water partition coefficient (Wildman–Crippen LogP) is 3.28. The number of halogens is 1. The van der Waals surface area contributed by atoms with Crippen LogP contribution in [0.15, 0.2) is 54.6 Å². The molecule has 1 aliphatic heterocycles. The summed E-state index contributed by atoms with van der Waals surface area (Å²) in [6.45, 7) is 3.43. The molecule has 0 N–H and O–H groups in total. The Kier molecular flexibility index (Phi) is 8.26. The summed E-state index contributed by atoms with van der Waals surface area (Å²) < 4.78 is 28.2. The molecule has 3 unspecified atom stereocenters. The maximum atomic E-state index is 12.9. The summed E-state index contributed by atoms with van der Waals surface area (Å²) in [5.41, 5.74) is -1.06. The van der Waals surface area contributed by atoms with Crippen molar-refractivity contribution < 1.29 is 42.9 Å². The Morgan fingerprint density at radius 2 is 1.53 bits per heavy atom. The summed E-state index contributed by atoms with van der Waals surface area (Å²) in [6, 6.07) is 15.0. The van der Waals surface area contributed by atoms with Crippen LogP contribution in [0, 0.1) is 3.57 Å². The van der Waals surface area contributed by atoms with Crippen molar-refractivity contribution in [1.29, 1.82) is 0 Å². The van der Waals surface area contributed by atoms with E-state index in [-0.39, 0.29) is 12.2 Å². The van der Waals surface area contributed by atoms with Crippen molar-refractivity contribution in [3.8, 4) is 0 Å². The number of esters is 4. The maximum Gasteiger partial charge on any atom is 0.339 e. The maximum absolute atomic E-state index is 12.9. The minimum absolute atomic E-state index is 0.246. The third kappa shape index (κ3) is 5.92. The molecule has 1 saturated heterocycles. The summed E-state index contributed by atoms with van der Waals surface area (Å²) in [5, 5.41) is 0. The van der Waals surface area contributed by atoms with E-state index in [1.807, 2.05) is 22.6 Å². The summed E-state index contributed by atoms with van der Waals surface area (Å²) in [4.78, 5) is 49.0. The number of carbonyl (C=O) groups is 4. The molecular formula is C24H23IO9. The number of carbonyl (C=O) groups excluding carboxylic acids is 4. The third-order valence-corrected chi connectivity index (χ3v) is 6.05. The van der Waals surface area contributed by atoms with Gasteiger partial charge in [-0.05, 0) is 53.8 Å². The minimum Gasteiger partial charge on any atom is -0.459 e. The van der Waals surface area contributed by atoms with Crippen LogP contribution in [-0.2, 0) is 33.3 Å². The van der Waals surface area contributed by atoms with Crippen molar-refractivity contribution in [2.45, 2.75) is 44.9 Å². The fourth-order valence-electron chi connectivity index (χ4n) is 3.44. The quantitative estimate of drug-likeness (QED) is 0.276. The van der Waals surface area contributed by atoms with Gasteiger partial charge in [-0.1, -0.05) is 30.3 Å². The van der Waals surface area contributed by atoms with Crippen molar-refractivity contribution in [3.05, 3.63) is 69.3 Å². The molecule has 4 atom stereocenters. The van der Waals surface area contributed by atoms with Crippen molar-refractivity contribution in [1.82, 2.24) is 0 Å². The second-order valence-electron chi connectivity index (χ2n) is 7.65. The molecule has 180 valence electrons. The Bertz CT molecular complexity index is 1070. The van der Waals surface area contributed by atoms with Gasteiger partial charge in [0.25, 0.3) is 0 Å². The first-order valence-corrected chi connectivity index (χ1v) is 11.4. The van der Waals surface area contributed by atoms with E-state index in [4.69, 9.17) is 23.7 Å². The Morgan fingerprint density at radius 1 is 0.912 bits per heavy atom. The van der Waals surface area contributed by atoms with E-state index >= 15 is 0 Å². The first-order valence-electron chi connectivity index (χ1n) is 10.3. The van der Waals surface area contributed by atoms with E-state index in [1.165, 1.54) is 6.92 Å². The molecule has 1 heterocycles. The van der Waals surface area contributed by atoms with Gasteiger partial charge in [0.05, 0.1) is 11.1 Å². The van der Waals surface area contributed by atoms with Crippen molar-refractivity contribution in [3.63, 3.8) is 0 Å². The fraction of sp³-hybridized carbons (Fsp3) is 0.333. The zero-order valence-electron chi connectivity index (χ0n) is 18.7. The Hall–Kier alpha value is -2.99. The lowest BCUT2D eigenvalue weighted by atomic mass is 9.94. The van der Waals surface area contributed by atoms with Gasteiger partial charge in [-0.2, -0.15) is 0 Å². The van der Waals surface area contributed by atoms with Crippen LogP contribution in [0.5, 0.6) is 0 Å². The van der Waals surface area contributed by atoms with E-state index in [9.17, 15) is 19.2 Å². The average molecular weight is 582 g/mol. The molecule has 0 amide bonds. The first kappa shape index (κ1) is 25.6. The standard InChI is InChI=1S/C24H23IO9/c1-14(26)31-20-23(32-15(2)27)33-19(13-30-22(29)17-11-7-8-12-18(17)25)24(20,3)34-21(28)16-9-5-4-6-10-16/h4-12,19-20,23H,13H2,1-3H3/t19?,20?,23-,24?/m0/s1. The number of hydrogen-bond donors (Lipinski definition) is 0. The van der Waals surface area contributed by atoms with Crippen LogP contribution in [0.3, 0.4) is 0 Å². The highest BCUT2D eigenvalue weighted by atomic mass is 127. The van der Waals surface area contributed by atoms with Crippen LogP contribution in [0.1, 0.15) is 41.5 Å². The molecule has 0 saturated carbocycles. The SMILES string of the molecule is CC(=O)OC1[C@@H](OC(C)=O)OC(COC(=O)c2ccccc2I)C1(C)OC(=O)c1ccccc1. The smallest absolute Gasteiger partial charge is 0.339 e. The zero-order chi connectivity index (χ0) is 24.9. The minimum atomic E-state index is -1.65. The van der Waals surface area contributed by atoms with Gasteiger partial charge in [0.2, 0.25) is 12.4 Å². The largest absolute Gasteiger partial charge is 0.459 e. The van der Waals surface area contributed by atoms with Crippen LogP contribution in [-0.4, -0.2) is 54.6 Å². The first-order chi connectivity index (χ1) is 16.1. The molecular weight excluding hydrogens is 559 g/mol. The number of benzene rings is 2. The molecule has 1 aliphatic rings. The summed E-state index contributed by atoms with van der Waals surface area (Å²) >= 11 is 2.01. The second kappa shape index (κ2) is 11.0. The Balaban J connectivity index is 1.89. The van der Waals surface area contributed by atoms with Crippen LogP contribution >= 0.6 is 22.6 Å². The molecule has 1 fully saturated rings. The molecule has 9 nitrogen and oxygen atoms in total. The van der Waals surface area contributed by atoms with E-state index in [0.717, 1.165) is 13.8 Å². The molecule has 2 aromatic rings. The van der Waals surface area contributed by atoms with Crippen LogP contribution in [0.2, 0.25) is 0 Å². The van der Waals surface area contributed by atoms with E-state index in [0.29, 0.717) is 9.13 Å². The number of ether oxygens (including phenoxy) is 5. The Morgan fingerprint density at radius 3 is 2.15 bits per heavy atom. The molecule has 0 radical (unpaired) electrons. The van der Waals surface area contributed by atoms with Crippen molar-refractivity contribution in [2.24, 2.45) is 0 Å². The molecule has 0 bridgehead atoms. The van der Waals surface area contributed by atoms with Gasteiger partial charge in [0, 0.05) is 17.4 Å². The van der Waals surface area contributed by atoms with Crippen LogP contribution in [0.25, 0.3) is 0 Å². The lowest BCUT2D eigenvalue weighted by Gasteiger charge is -2.33. The van der Waals surface area contributed by atoms with Gasteiger partial charge in [-0.25, -0.2) is 9.59 Å². The van der Waals surface area contributed by atoms with Gasteiger partial charge in [0.1, 0.15) is 12.7 Å². The topological polar surface area (TPSA) is 114 Å². The highest BCUT2D eigenvalue weighted by Gasteiger charge is 2.61. The molecule has 0 aliphatic carbocycles. The lowest BCUT2D eigenvalue weighted by molar-refractivity contribution is -0.197. The lowest BCUT2D eigenvalue weighted by Crippen LogP contribution is -2.52. The predicted molar refractivity (Wildman–Crippen MR) is 126 cm³/mol. The van der Waals surface area contributed by atoms with Gasteiger partial charge in [-0.3, -0.25) is 9.59 Å². The monoisotopic (exact) mass is 582 g/mol. The molecule has 34 heavy (non-hydrogen) atoms. The van der Waals surface area contributed by atoms with Gasteiger partial charge in [-0.15, -0.1) is 0 Å². The highest BCUT2D eigenvalue weighted by molar-refractivity contribution is 14.1. The molecule has 0 spiro atoms. The fourth-order valence-corrected chi connectivity index (χ4v) is 4.05. The molecule has 0 aromatic heterocycles. The summed E-state index contributed by atoms with van der Waals surface area (Å²) in [6.07, 6.45) is -3.79. The van der Waals surface area contributed by atoms with Gasteiger partial charge in [0.15, 0.2) is 5.60 Å². The molecule has 2 aromatic carbocycles.